The molecule has 3 heterocycles. The topological polar surface area (TPSA) is 64.7 Å². The van der Waals surface area contributed by atoms with Crippen LogP contribution < -0.4 is 5.32 Å². The Morgan fingerprint density at radius 2 is 1.95 bits per heavy atom. The zero-order chi connectivity index (χ0) is 13.6. The first-order valence-corrected chi connectivity index (χ1v) is 7.04. The molecule has 1 atom stereocenters. The normalized spacial score (nSPS) is 18.9. The fourth-order valence-corrected chi connectivity index (χ4v) is 3.40. The van der Waals surface area contributed by atoms with Gasteiger partial charge in [-0.25, -0.2) is 0 Å². The Hall–Kier alpha value is -1.76. The lowest BCUT2D eigenvalue weighted by Gasteiger charge is -2.13. The van der Waals surface area contributed by atoms with E-state index >= 15 is 0 Å². The Morgan fingerprint density at radius 3 is 2.63 bits per heavy atom. The van der Waals surface area contributed by atoms with Crippen LogP contribution in [-0.4, -0.2) is 31.2 Å². The van der Waals surface area contributed by atoms with Crippen LogP contribution in [0.25, 0.3) is 0 Å². The van der Waals surface area contributed by atoms with Gasteiger partial charge in [-0.05, 0) is 6.92 Å². The summed E-state index contributed by atoms with van der Waals surface area (Å²) in [6.45, 7) is 2.04. The Labute approximate surface area is 115 Å². The quantitative estimate of drug-likeness (QED) is 0.851. The zero-order valence-electron chi connectivity index (χ0n) is 11.0. The van der Waals surface area contributed by atoms with Crippen molar-refractivity contribution >= 4 is 23.5 Å². The van der Waals surface area contributed by atoms with Gasteiger partial charge in [-0.15, -0.1) is 11.8 Å². The summed E-state index contributed by atoms with van der Waals surface area (Å²) in [5.41, 5.74) is 3.29. The van der Waals surface area contributed by atoms with Gasteiger partial charge in [0.2, 0.25) is 5.91 Å². The predicted octanol–water partition coefficient (Wildman–Crippen LogP) is 1.24. The first-order chi connectivity index (χ1) is 9.08. The highest BCUT2D eigenvalue weighted by Gasteiger charge is 2.28. The number of hydrogen-bond donors (Lipinski definition) is 1. The van der Waals surface area contributed by atoms with Crippen molar-refractivity contribution in [3.8, 4) is 0 Å². The summed E-state index contributed by atoms with van der Waals surface area (Å²) in [4.78, 5) is 11.8. The van der Waals surface area contributed by atoms with E-state index in [0.717, 1.165) is 22.6 Å². The molecule has 0 saturated heterocycles. The van der Waals surface area contributed by atoms with Gasteiger partial charge in [0, 0.05) is 30.9 Å². The molecule has 2 aromatic rings. The molecule has 1 aliphatic heterocycles. The molecular formula is C12H15N5OS. The Kier molecular flexibility index (Phi) is 2.85. The first kappa shape index (κ1) is 12.3. The molecular weight excluding hydrogens is 262 g/mol. The van der Waals surface area contributed by atoms with Crippen molar-refractivity contribution in [2.75, 3.05) is 11.1 Å². The minimum Gasteiger partial charge on any atom is -0.310 e. The van der Waals surface area contributed by atoms with Crippen molar-refractivity contribution in [3.63, 3.8) is 0 Å². The van der Waals surface area contributed by atoms with E-state index in [4.69, 9.17) is 0 Å². The molecule has 0 aromatic carbocycles. The standard InChI is InChI=1S/C12H15N5OS/c1-7-8(4-13-16(7)2)11-9-5-14-17(3)12(9)15-10(18)6-19-11/h4-5,11H,6H2,1-3H3,(H,15,18). The second kappa shape index (κ2) is 4.41. The molecule has 19 heavy (non-hydrogen) atoms. The lowest BCUT2D eigenvalue weighted by atomic mass is 10.1. The summed E-state index contributed by atoms with van der Waals surface area (Å²) >= 11 is 1.61. The number of anilines is 1. The zero-order valence-corrected chi connectivity index (χ0v) is 11.9. The van der Waals surface area contributed by atoms with E-state index in [1.165, 1.54) is 0 Å². The smallest absolute Gasteiger partial charge is 0.235 e. The van der Waals surface area contributed by atoms with Gasteiger partial charge in [0.1, 0.15) is 5.82 Å². The van der Waals surface area contributed by atoms with Crippen LogP contribution in [0, 0.1) is 6.92 Å². The number of fused-ring (bicyclic) bond motifs is 1. The molecule has 0 spiro atoms. The van der Waals surface area contributed by atoms with Crippen molar-refractivity contribution in [2.24, 2.45) is 14.1 Å². The van der Waals surface area contributed by atoms with Gasteiger partial charge in [0.15, 0.2) is 0 Å². The van der Waals surface area contributed by atoms with E-state index in [-0.39, 0.29) is 11.2 Å². The summed E-state index contributed by atoms with van der Waals surface area (Å²) in [6.07, 6.45) is 3.70. The molecule has 1 amide bonds. The highest BCUT2D eigenvalue weighted by molar-refractivity contribution is 8.00. The number of carbonyl (C=O) groups is 1. The molecule has 1 unspecified atom stereocenters. The van der Waals surface area contributed by atoms with Crippen LogP contribution >= 0.6 is 11.8 Å². The highest BCUT2D eigenvalue weighted by Crippen LogP contribution is 2.41. The predicted molar refractivity (Wildman–Crippen MR) is 74.1 cm³/mol. The third kappa shape index (κ3) is 1.94. The van der Waals surface area contributed by atoms with Gasteiger partial charge < -0.3 is 5.32 Å². The summed E-state index contributed by atoms with van der Waals surface area (Å²) in [5, 5.41) is 11.5. The third-order valence-electron chi connectivity index (χ3n) is 3.44. The van der Waals surface area contributed by atoms with Crippen LogP contribution in [0.5, 0.6) is 0 Å². The maximum atomic E-state index is 11.8. The Bertz CT molecular complexity index is 645. The van der Waals surface area contributed by atoms with Gasteiger partial charge in [0.05, 0.1) is 23.4 Å². The minimum atomic E-state index is 0.0129. The molecule has 0 bridgehead atoms. The van der Waals surface area contributed by atoms with Crippen LogP contribution in [0.15, 0.2) is 12.4 Å². The fourth-order valence-electron chi connectivity index (χ4n) is 2.25. The van der Waals surface area contributed by atoms with Crippen molar-refractivity contribution < 1.29 is 4.79 Å². The fraction of sp³-hybridized carbons (Fsp3) is 0.417. The van der Waals surface area contributed by atoms with Crippen LogP contribution in [0.2, 0.25) is 0 Å². The van der Waals surface area contributed by atoms with E-state index in [2.05, 4.69) is 15.5 Å². The third-order valence-corrected chi connectivity index (χ3v) is 4.71. The molecule has 1 N–H and O–H groups in total. The average molecular weight is 277 g/mol. The number of hydrogen-bond acceptors (Lipinski definition) is 4. The number of carbonyl (C=O) groups excluding carboxylic acids is 1. The SMILES string of the molecule is Cc1c(C2SCC(=O)Nc3c2cnn3C)cnn1C. The van der Waals surface area contributed by atoms with E-state index in [0.29, 0.717) is 5.75 Å². The first-order valence-electron chi connectivity index (χ1n) is 5.99. The molecule has 0 aliphatic carbocycles. The number of amides is 1. The van der Waals surface area contributed by atoms with Crippen molar-refractivity contribution in [2.45, 2.75) is 12.2 Å². The second-order valence-electron chi connectivity index (χ2n) is 4.62. The maximum Gasteiger partial charge on any atom is 0.235 e. The molecule has 100 valence electrons. The summed E-state index contributed by atoms with van der Waals surface area (Å²) < 4.78 is 3.56. The summed E-state index contributed by atoms with van der Waals surface area (Å²) in [6, 6.07) is 0. The van der Waals surface area contributed by atoms with Crippen molar-refractivity contribution in [1.82, 2.24) is 19.6 Å². The lowest BCUT2D eigenvalue weighted by Crippen LogP contribution is -2.15. The van der Waals surface area contributed by atoms with E-state index in [1.807, 2.05) is 38.1 Å². The number of nitrogens with zero attached hydrogens (tertiary/aromatic N) is 4. The monoisotopic (exact) mass is 277 g/mol. The minimum absolute atomic E-state index is 0.0129. The molecule has 3 rings (SSSR count). The molecule has 0 fully saturated rings. The van der Waals surface area contributed by atoms with Gasteiger partial charge >= 0.3 is 0 Å². The van der Waals surface area contributed by atoms with E-state index < -0.39 is 0 Å². The molecule has 0 radical (unpaired) electrons. The van der Waals surface area contributed by atoms with Gasteiger partial charge in [-0.2, -0.15) is 10.2 Å². The van der Waals surface area contributed by atoms with Crippen molar-refractivity contribution in [1.29, 1.82) is 0 Å². The number of aromatic nitrogens is 4. The molecule has 7 heteroatoms. The second-order valence-corrected chi connectivity index (χ2v) is 5.71. The number of aryl methyl sites for hydroxylation is 2. The summed E-state index contributed by atoms with van der Waals surface area (Å²) in [7, 11) is 3.76. The highest BCUT2D eigenvalue weighted by atomic mass is 32.2. The van der Waals surface area contributed by atoms with Crippen LogP contribution in [0.4, 0.5) is 5.82 Å². The number of nitrogens with one attached hydrogen (secondary N) is 1. The van der Waals surface area contributed by atoms with Gasteiger partial charge in [0.25, 0.3) is 0 Å². The molecule has 0 saturated carbocycles. The number of rotatable bonds is 1. The molecule has 6 nitrogen and oxygen atoms in total. The Morgan fingerprint density at radius 1 is 1.26 bits per heavy atom. The van der Waals surface area contributed by atoms with E-state index in [9.17, 15) is 4.79 Å². The molecule has 2 aromatic heterocycles. The van der Waals surface area contributed by atoms with Gasteiger partial charge in [-0.1, -0.05) is 0 Å². The van der Waals surface area contributed by atoms with Crippen LogP contribution in [0.1, 0.15) is 22.1 Å². The van der Waals surface area contributed by atoms with Crippen LogP contribution in [0.3, 0.4) is 0 Å². The largest absolute Gasteiger partial charge is 0.310 e. The van der Waals surface area contributed by atoms with Crippen molar-refractivity contribution in [3.05, 3.63) is 29.2 Å². The maximum absolute atomic E-state index is 11.8. The Balaban J connectivity index is 2.12. The van der Waals surface area contributed by atoms with Gasteiger partial charge in [-0.3, -0.25) is 14.2 Å². The molecule has 1 aliphatic rings. The van der Waals surface area contributed by atoms with Crippen LogP contribution in [-0.2, 0) is 18.9 Å². The number of thioether (sulfide) groups is 1. The average Bonchev–Trinajstić information content (AvgIpc) is 2.83. The summed E-state index contributed by atoms with van der Waals surface area (Å²) in [5.74, 6) is 1.23. The lowest BCUT2D eigenvalue weighted by molar-refractivity contribution is -0.113. The van der Waals surface area contributed by atoms with E-state index in [1.54, 1.807) is 16.4 Å².